The first-order valence-electron chi connectivity index (χ1n) is 4.71. The third-order valence-electron chi connectivity index (χ3n) is 2.24. The van der Waals surface area contributed by atoms with Crippen LogP contribution in [0.1, 0.15) is 43.4 Å². The van der Waals surface area contributed by atoms with Gasteiger partial charge in [-0.25, -0.2) is 9.97 Å². The van der Waals surface area contributed by atoms with Crippen molar-refractivity contribution < 1.29 is 0 Å². The fourth-order valence-electron chi connectivity index (χ4n) is 1.22. The molecule has 0 fully saturated rings. The van der Waals surface area contributed by atoms with Gasteiger partial charge in [-0.05, 0) is 25.3 Å². The zero-order valence-corrected chi connectivity index (χ0v) is 8.54. The Labute approximate surface area is 79.4 Å². The maximum Gasteiger partial charge on any atom is 0.125 e. The van der Waals surface area contributed by atoms with Crippen molar-refractivity contribution >= 4 is 0 Å². The van der Waals surface area contributed by atoms with Gasteiger partial charge in [-0.15, -0.1) is 0 Å². The van der Waals surface area contributed by atoms with Gasteiger partial charge in [0.1, 0.15) is 5.82 Å². The Morgan fingerprint density at radius 1 is 1.46 bits per heavy atom. The van der Waals surface area contributed by atoms with Crippen molar-refractivity contribution in [3.8, 4) is 0 Å². The summed E-state index contributed by atoms with van der Waals surface area (Å²) in [6.07, 6.45) is 1.10. The summed E-state index contributed by atoms with van der Waals surface area (Å²) in [4.78, 5) is 8.62. The Morgan fingerprint density at radius 3 is 2.69 bits per heavy atom. The fourth-order valence-corrected chi connectivity index (χ4v) is 1.22. The molecule has 0 bridgehead atoms. The second-order valence-electron chi connectivity index (χ2n) is 3.34. The molecule has 72 valence electrons. The molecule has 13 heavy (non-hydrogen) atoms. The van der Waals surface area contributed by atoms with Crippen LogP contribution in [0.5, 0.6) is 0 Å². The molecule has 3 nitrogen and oxygen atoms in total. The van der Waals surface area contributed by atoms with Crippen LogP contribution in [0.25, 0.3) is 0 Å². The van der Waals surface area contributed by atoms with Crippen LogP contribution >= 0.6 is 0 Å². The maximum atomic E-state index is 5.54. The first kappa shape index (κ1) is 10.1. The lowest BCUT2D eigenvalue weighted by molar-refractivity contribution is 0.693. The summed E-state index contributed by atoms with van der Waals surface area (Å²) in [6.45, 7) is 6.73. The predicted molar refractivity (Wildman–Crippen MR) is 53.4 cm³/mol. The Kier molecular flexibility index (Phi) is 3.37. The number of hydrogen-bond donors (Lipinski definition) is 1. The third-order valence-corrected chi connectivity index (χ3v) is 2.24. The molecule has 0 aliphatic carbocycles. The molecular formula is C10H17N3. The van der Waals surface area contributed by atoms with E-state index in [0.29, 0.717) is 12.5 Å². The van der Waals surface area contributed by atoms with Gasteiger partial charge < -0.3 is 5.73 Å². The summed E-state index contributed by atoms with van der Waals surface area (Å²) in [6, 6.07) is 2.00. The molecule has 1 aromatic heterocycles. The Hall–Kier alpha value is -0.960. The highest BCUT2D eigenvalue weighted by molar-refractivity contribution is 5.14. The molecule has 0 unspecified atom stereocenters. The zero-order chi connectivity index (χ0) is 9.84. The maximum absolute atomic E-state index is 5.54. The lowest BCUT2D eigenvalue weighted by Gasteiger charge is -2.09. The lowest BCUT2D eigenvalue weighted by Crippen LogP contribution is -2.06. The minimum absolute atomic E-state index is 0.493. The Morgan fingerprint density at radius 2 is 2.15 bits per heavy atom. The molecule has 0 amide bonds. The summed E-state index contributed by atoms with van der Waals surface area (Å²) >= 11 is 0. The minimum Gasteiger partial charge on any atom is -0.325 e. The van der Waals surface area contributed by atoms with E-state index in [1.54, 1.807) is 0 Å². The van der Waals surface area contributed by atoms with Crippen LogP contribution in [0.2, 0.25) is 0 Å². The molecule has 0 radical (unpaired) electrons. The van der Waals surface area contributed by atoms with Crippen LogP contribution in [0.3, 0.4) is 0 Å². The van der Waals surface area contributed by atoms with Gasteiger partial charge in [-0.2, -0.15) is 0 Å². The second kappa shape index (κ2) is 4.33. The van der Waals surface area contributed by atoms with Crippen LogP contribution < -0.4 is 5.73 Å². The fraction of sp³-hybridized carbons (Fsp3) is 0.600. The second-order valence-corrected chi connectivity index (χ2v) is 3.34. The van der Waals surface area contributed by atoms with E-state index in [1.165, 1.54) is 0 Å². The minimum atomic E-state index is 0.493. The van der Waals surface area contributed by atoms with Crippen molar-refractivity contribution in [3.05, 3.63) is 23.3 Å². The molecule has 0 aliphatic rings. The highest BCUT2D eigenvalue weighted by Crippen LogP contribution is 2.16. The number of aromatic nitrogens is 2. The summed E-state index contributed by atoms with van der Waals surface area (Å²) in [5.41, 5.74) is 7.58. The number of hydrogen-bond acceptors (Lipinski definition) is 3. The van der Waals surface area contributed by atoms with Crippen LogP contribution in [0, 0.1) is 6.92 Å². The summed E-state index contributed by atoms with van der Waals surface area (Å²) in [7, 11) is 0. The third kappa shape index (κ3) is 2.49. The molecule has 3 heteroatoms. The highest BCUT2D eigenvalue weighted by Gasteiger charge is 2.06. The molecule has 2 N–H and O–H groups in total. The SMILES string of the molecule is CC[C@@H](C)c1cc(CN)nc(C)n1. The quantitative estimate of drug-likeness (QED) is 0.769. The topological polar surface area (TPSA) is 51.8 Å². The average Bonchev–Trinajstić information content (AvgIpc) is 2.15. The van der Waals surface area contributed by atoms with Gasteiger partial charge in [-0.1, -0.05) is 13.8 Å². The summed E-state index contributed by atoms with van der Waals surface area (Å²) < 4.78 is 0. The van der Waals surface area contributed by atoms with Crippen molar-refractivity contribution in [1.82, 2.24) is 9.97 Å². The van der Waals surface area contributed by atoms with Gasteiger partial charge in [0, 0.05) is 12.2 Å². The van der Waals surface area contributed by atoms with Gasteiger partial charge in [0.25, 0.3) is 0 Å². The van der Waals surface area contributed by atoms with E-state index in [-0.39, 0.29) is 0 Å². The normalized spacial score (nSPS) is 12.9. The van der Waals surface area contributed by atoms with Gasteiger partial charge in [0.15, 0.2) is 0 Å². The highest BCUT2D eigenvalue weighted by atomic mass is 14.9. The van der Waals surface area contributed by atoms with Crippen LogP contribution in [-0.2, 0) is 6.54 Å². The number of nitrogens with zero attached hydrogens (tertiary/aromatic N) is 2. The van der Waals surface area contributed by atoms with Crippen LogP contribution in [0.4, 0.5) is 0 Å². The monoisotopic (exact) mass is 179 g/mol. The molecule has 0 aliphatic heterocycles. The first-order valence-corrected chi connectivity index (χ1v) is 4.71. The van der Waals surface area contributed by atoms with E-state index in [4.69, 9.17) is 5.73 Å². The van der Waals surface area contributed by atoms with Crippen molar-refractivity contribution in [2.24, 2.45) is 5.73 Å². The molecule has 1 atom stereocenters. The van der Waals surface area contributed by atoms with E-state index >= 15 is 0 Å². The average molecular weight is 179 g/mol. The molecule has 1 rings (SSSR count). The smallest absolute Gasteiger partial charge is 0.125 e. The summed E-state index contributed by atoms with van der Waals surface area (Å²) in [5.74, 6) is 1.31. The Balaban J connectivity index is 3.01. The molecule has 0 spiro atoms. The van der Waals surface area contributed by atoms with E-state index in [1.807, 2.05) is 13.0 Å². The van der Waals surface area contributed by atoms with Gasteiger partial charge >= 0.3 is 0 Å². The number of rotatable bonds is 3. The van der Waals surface area contributed by atoms with Crippen LogP contribution in [0.15, 0.2) is 6.07 Å². The van der Waals surface area contributed by atoms with E-state index < -0.39 is 0 Å². The molecule has 0 aromatic carbocycles. The molecular weight excluding hydrogens is 162 g/mol. The predicted octanol–water partition coefficient (Wildman–Crippen LogP) is 1.76. The van der Waals surface area contributed by atoms with Gasteiger partial charge in [0.2, 0.25) is 0 Å². The first-order chi connectivity index (χ1) is 6.17. The van der Waals surface area contributed by atoms with E-state index in [9.17, 15) is 0 Å². The van der Waals surface area contributed by atoms with Crippen molar-refractivity contribution in [2.45, 2.75) is 39.7 Å². The van der Waals surface area contributed by atoms with Crippen LogP contribution in [-0.4, -0.2) is 9.97 Å². The van der Waals surface area contributed by atoms with Crippen molar-refractivity contribution in [3.63, 3.8) is 0 Å². The molecule has 0 saturated carbocycles. The van der Waals surface area contributed by atoms with Crippen molar-refractivity contribution in [2.75, 3.05) is 0 Å². The zero-order valence-electron chi connectivity index (χ0n) is 8.54. The number of aryl methyl sites for hydroxylation is 1. The van der Waals surface area contributed by atoms with Gasteiger partial charge in [-0.3, -0.25) is 0 Å². The van der Waals surface area contributed by atoms with E-state index in [2.05, 4.69) is 23.8 Å². The number of nitrogens with two attached hydrogens (primary N) is 1. The van der Waals surface area contributed by atoms with Crippen molar-refractivity contribution in [1.29, 1.82) is 0 Å². The molecule has 1 heterocycles. The molecule has 1 aromatic rings. The summed E-state index contributed by atoms with van der Waals surface area (Å²) in [5, 5.41) is 0. The standard InChI is InChI=1S/C10H17N3/c1-4-7(2)10-5-9(6-11)12-8(3)13-10/h5,7H,4,6,11H2,1-3H3/t7-/m1/s1. The molecule has 0 saturated heterocycles. The largest absolute Gasteiger partial charge is 0.325 e. The van der Waals surface area contributed by atoms with E-state index in [0.717, 1.165) is 23.6 Å². The lowest BCUT2D eigenvalue weighted by atomic mass is 10.0. The Bertz CT molecular complexity index is 283. The van der Waals surface area contributed by atoms with Gasteiger partial charge in [0.05, 0.1) is 5.69 Å².